The third-order valence-corrected chi connectivity index (χ3v) is 7.40. The van der Waals surface area contributed by atoms with Gasteiger partial charge in [0, 0.05) is 25.7 Å². The minimum absolute atomic E-state index is 0.151. The van der Waals surface area contributed by atoms with Gasteiger partial charge in [0.05, 0.1) is 19.2 Å². The highest BCUT2D eigenvalue weighted by Crippen LogP contribution is 2.27. The van der Waals surface area contributed by atoms with E-state index in [4.69, 9.17) is 4.74 Å². The minimum Gasteiger partial charge on any atom is -0.492 e. The summed E-state index contributed by atoms with van der Waals surface area (Å²) >= 11 is 0. The second-order valence-corrected chi connectivity index (χ2v) is 10.4. The molecule has 2 aliphatic rings. The summed E-state index contributed by atoms with van der Waals surface area (Å²) in [6.45, 7) is 2.43. The number of amides is 3. The Morgan fingerprint density at radius 2 is 1.66 bits per heavy atom. The SMILES string of the molecule is CN1C(=O)C(C2CCCCC2)NCCOc2ccccc2/C=C/CNC(=O)CNC(=O)C1CO.Cc1ccccc1. The number of carbonyl (C=O) groups excluding carboxylic acids is 3. The third-order valence-electron chi connectivity index (χ3n) is 7.40. The molecule has 2 aromatic carbocycles. The van der Waals surface area contributed by atoms with Gasteiger partial charge in [-0.2, -0.15) is 0 Å². The molecule has 4 rings (SSSR count). The van der Waals surface area contributed by atoms with Crippen molar-refractivity contribution >= 4 is 23.8 Å². The van der Waals surface area contributed by atoms with Crippen LogP contribution in [0.3, 0.4) is 0 Å². The van der Waals surface area contributed by atoms with Gasteiger partial charge in [0.15, 0.2) is 0 Å². The normalized spacial score (nSPS) is 22.4. The number of aliphatic hydroxyl groups is 1. The van der Waals surface area contributed by atoms with Gasteiger partial charge < -0.3 is 30.7 Å². The van der Waals surface area contributed by atoms with Gasteiger partial charge in [-0.05, 0) is 31.7 Å². The number of aryl methyl sites for hydroxylation is 1. The molecule has 2 unspecified atom stereocenters. The molecule has 9 nitrogen and oxygen atoms in total. The molecule has 4 N–H and O–H groups in total. The number of para-hydroxylation sites is 1. The average molecular weight is 565 g/mol. The molecule has 2 aromatic rings. The van der Waals surface area contributed by atoms with Gasteiger partial charge >= 0.3 is 0 Å². The van der Waals surface area contributed by atoms with Crippen LogP contribution >= 0.6 is 0 Å². The monoisotopic (exact) mass is 564 g/mol. The van der Waals surface area contributed by atoms with Crippen molar-refractivity contribution in [3.8, 4) is 5.75 Å². The molecular weight excluding hydrogens is 520 g/mol. The lowest BCUT2D eigenvalue weighted by Gasteiger charge is -2.35. The summed E-state index contributed by atoms with van der Waals surface area (Å²) in [4.78, 5) is 39.5. The summed E-state index contributed by atoms with van der Waals surface area (Å²) < 4.78 is 5.98. The number of ether oxygens (including phenoxy) is 1. The number of carbonyl (C=O) groups is 3. The summed E-state index contributed by atoms with van der Waals surface area (Å²) in [5.41, 5.74) is 2.21. The first-order valence-electron chi connectivity index (χ1n) is 14.5. The van der Waals surface area contributed by atoms with Crippen LogP contribution in [-0.2, 0) is 14.4 Å². The molecule has 0 aromatic heterocycles. The Kier molecular flexibility index (Phi) is 13.4. The van der Waals surface area contributed by atoms with Crippen LogP contribution in [0.5, 0.6) is 5.75 Å². The second-order valence-electron chi connectivity index (χ2n) is 10.4. The van der Waals surface area contributed by atoms with Gasteiger partial charge in [0.2, 0.25) is 17.7 Å². The zero-order chi connectivity index (χ0) is 29.5. The number of aliphatic hydroxyl groups excluding tert-OH is 1. The van der Waals surface area contributed by atoms with Gasteiger partial charge in [-0.3, -0.25) is 14.4 Å². The number of hydrogen-bond donors (Lipinski definition) is 4. The molecule has 3 amide bonds. The maximum absolute atomic E-state index is 13.5. The van der Waals surface area contributed by atoms with Crippen molar-refractivity contribution in [3.05, 3.63) is 71.8 Å². The topological polar surface area (TPSA) is 120 Å². The predicted octanol–water partition coefficient (Wildman–Crippen LogP) is 2.68. The van der Waals surface area contributed by atoms with E-state index in [-0.39, 0.29) is 30.8 Å². The molecule has 41 heavy (non-hydrogen) atoms. The molecule has 2 atom stereocenters. The summed E-state index contributed by atoms with van der Waals surface area (Å²) in [5, 5.41) is 18.5. The van der Waals surface area contributed by atoms with E-state index in [1.807, 2.05) is 54.6 Å². The maximum Gasteiger partial charge on any atom is 0.245 e. The van der Waals surface area contributed by atoms with E-state index in [2.05, 4.69) is 35.0 Å². The minimum atomic E-state index is -1.07. The van der Waals surface area contributed by atoms with Gasteiger partial charge in [0.1, 0.15) is 18.4 Å². The molecule has 0 spiro atoms. The van der Waals surface area contributed by atoms with Gasteiger partial charge in [0.25, 0.3) is 0 Å². The summed E-state index contributed by atoms with van der Waals surface area (Å²) in [6, 6.07) is 16.3. The highest BCUT2D eigenvalue weighted by atomic mass is 16.5. The number of nitrogens with one attached hydrogen (secondary N) is 3. The molecular formula is C32H44N4O5. The van der Waals surface area contributed by atoms with Crippen molar-refractivity contribution in [3.63, 3.8) is 0 Å². The zero-order valence-electron chi connectivity index (χ0n) is 24.2. The lowest BCUT2D eigenvalue weighted by atomic mass is 9.83. The first-order valence-corrected chi connectivity index (χ1v) is 14.5. The number of benzene rings is 2. The van der Waals surface area contributed by atoms with E-state index >= 15 is 0 Å². The molecule has 1 aliphatic carbocycles. The van der Waals surface area contributed by atoms with Crippen LogP contribution < -0.4 is 20.7 Å². The molecule has 0 saturated heterocycles. The lowest BCUT2D eigenvalue weighted by Crippen LogP contribution is -2.57. The van der Waals surface area contributed by atoms with Gasteiger partial charge in [-0.25, -0.2) is 0 Å². The van der Waals surface area contributed by atoms with Crippen LogP contribution in [0.15, 0.2) is 60.7 Å². The van der Waals surface area contributed by atoms with Crippen molar-refractivity contribution in [1.82, 2.24) is 20.9 Å². The Bertz CT molecular complexity index is 1130. The van der Waals surface area contributed by atoms with E-state index in [1.54, 1.807) is 0 Å². The standard InChI is InChI=1S/C25H36N4O5.C7H8/c1-29-20(17-30)24(32)28-16-22(31)26-13-7-11-18-8-5-6-12-21(18)34-15-14-27-23(25(29)33)19-9-3-2-4-10-19;1-7-5-3-2-4-6-7/h5-8,11-12,19-20,23,27,30H,2-4,9-10,13-17H2,1H3,(H,26,31)(H,28,32);2-6H,1H3/b11-7+;. The largest absolute Gasteiger partial charge is 0.492 e. The molecule has 1 fully saturated rings. The van der Waals surface area contributed by atoms with Crippen molar-refractivity contribution in [2.75, 3.05) is 39.9 Å². The average Bonchev–Trinajstić information content (AvgIpc) is 2.99. The summed E-state index contributed by atoms with van der Waals surface area (Å²) in [6.07, 6.45) is 8.83. The number of likely N-dealkylation sites (N-methyl/N-ethyl adjacent to an activating group) is 1. The van der Waals surface area contributed by atoms with Gasteiger partial charge in [-0.1, -0.05) is 85.5 Å². The van der Waals surface area contributed by atoms with E-state index in [1.165, 1.54) is 17.5 Å². The molecule has 9 heteroatoms. The van der Waals surface area contributed by atoms with Crippen LogP contribution in [0, 0.1) is 12.8 Å². The van der Waals surface area contributed by atoms with Crippen molar-refractivity contribution in [1.29, 1.82) is 0 Å². The van der Waals surface area contributed by atoms with Crippen LogP contribution in [0.25, 0.3) is 6.08 Å². The maximum atomic E-state index is 13.5. The first kappa shape index (κ1) is 31.8. The zero-order valence-corrected chi connectivity index (χ0v) is 24.2. The second kappa shape index (κ2) is 17.2. The molecule has 1 heterocycles. The fourth-order valence-corrected chi connectivity index (χ4v) is 5.04. The summed E-state index contributed by atoms with van der Waals surface area (Å²) in [7, 11) is 1.52. The van der Waals surface area contributed by atoms with Crippen LogP contribution in [0.1, 0.15) is 43.2 Å². The molecule has 1 aliphatic heterocycles. The van der Waals surface area contributed by atoms with E-state index < -0.39 is 24.6 Å². The number of rotatable bonds is 2. The number of nitrogens with zero attached hydrogens (tertiary/aromatic N) is 1. The van der Waals surface area contributed by atoms with E-state index in [0.29, 0.717) is 13.2 Å². The summed E-state index contributed by atoms with van der Waals surface area (Å²) in [5.74, 6) is -0.299. The quantitative estimate of drug-likeness (QED) is 0.445. The fraction of sp³-hybridized carbons (Fsp3) is 0.469. The molecule has 0 bridgehead atoms. The highest BCUT2D eigenvalue weighted by molar-refractivity contribution is 5.92. The highest BCUT2D eigenvalue weighted by Gasteiger charge is 2.35. The Morgan fingerprint density at radius 1 is 0.951 bits per heavy atom. The van der Waals surface area contributed by atoms with Crippen molar-refractivity contribution < 1.29 is 24.2 Å². The van der Waals surface area contributed by atoms with Crippen LogP contribution in [0.2, 0.25) is 0 Å². The number of hydrogen-bond acceptors (Lipinski definition) is 6. The molecule has 0 radical (unpaired) electrons. The van der Waals surface area contributed by atoms with Crippen LogP contribution in [0.4, 0.5) is 0 Å². The smallest absolute Gasteiger partial charge is 0.245 e. The Balaban J connectivity index is 0.000000575. The Morgan fingerprint density at radius 3 is 2.34 bits per heavy atom. The van der Waals surface area contributed by atoms with E-state index in [9.17, 15) is 19.5 Å². The van der Waals surface area contributed by atoms with E-state index in [0.717, 1.165) is 43.4 Å². The molecule has 1 saturated carbocycles. The third kappa shape index (κ3) is 10.3. The predicted molar refractivity (Wildman–Crippen MR) is 160 cm³/mol. The Labute approximate surface area is 243 Å². The van der Waals surface area contributed by atoms with Gasteiger partial charge in [-0.15, -0.1) is 0 Å². The lowest BCUT2D eigenvalue weighted by molar-refractivity contribution is -0.143. The van der Waals surface area contributed by atoms with Crippen molar-refractivity contribution in [2.45, 2.75) is 51.1 Å². The van der Waals surface area contributed by atoms with Crippen LogP contribution in [-0.4, -0.2) is 79.7 Å². The Hall–Kier alpha value is -3.69. The van der Waals surface area contributed by atoms with Crippen molar-refractivity contribution in [2.24, 2.45) is 5.92 Å². The number of fused-ring (bicyclic) bond motifs is 1. The fourth-order valence-electron chi connectivity index (χ4n) is 5.04. The first-order chi connectivity index (χ1) is 19.9. The molecule has 222 valence electrons.